The molecule has 1 aromatic carbocycles. The Hall–Kier alpha value is -2.55. The molecule has 1 rings (SSSR count). The first-order chi connectivity index (χ1) is 11.5. The molecule has 0 fully saturated rings. The van der Waals surface area contributed by atoms with E-state index in [2.05, 4.69) is 16.2 Å². The van der Waals surface area contributed by atoms with Crippen LogP contribution in [0.25, 0.3) is 0 Å². The van der Waals surface area contributed by atoms with E-state index in [-0.39, 0.29) is 16.6 Å². The Morgan fingerprint density at radius 2 is 1.62 bits per heavy atom. The van der Waals surface area contributed by atoms with E-state index in [1.165, 1.54) is 33.5 Å². The van der Waals surface area contributed by atoms with Crippen molar-refractivity contribution >= 4 is 29.1 Å². The number of benzene rings is 1. The van der Waals surface area contributed by atoms with Crippen LogP contribution in [-0.4, -0.2) is 38.3 Å². The van der Waals surface area contributed by atoms with Crippen LogP contribution in [0.15, 0.2) is 12.1 Å². The number of nitrogens with one attached hydrogen (secondary N) is 3. The van der Waals surface area contributed by atoms with Crippen molar-refractivity contribution in [2.75, 3.05) is 21.3 Å². The highest BCUT2D eigenvalue weighted by atomic mass is 32.1. The van der Waals surface area contributed by atoms with Crippen molar-refractivity contribution in [1.29, 1.82) is 0 Å². The molecule has 0 saturated carbocycles. The molecule has 0 aliphatic rings. The summed E-state index contributed by atoms with van der Waals surface area (Å²) in [5.41, 5.74) is 5.11. The van der Waals surface area contributed by atoms with Crippen LogP contribution in [0.5, 0.6) is 17.2 Å². The zero-order chi connectivity index (χ0) is 18.1. The molecule has 2 amide bonds. The van der Waals surface area contributed by atoms with Crippen LogP contribution in [0, 0.1) is 0 Å². The second kappa shape index (κ2) is 9.56. The van der Waals surface area contributed by atoms with Gasteiger partial charge in [0.1, 0.15) is 0 Å². The standard InChI is InChI=1S/C15H21N3O5S/c1-5-6-12(19)17-18-15(24)16-14(20)9-7-10(21-2)13(23-4)11(8-9)22-3/h7-8H,5-6H2,1-4H3,(H,17,19)(H2,16,18,20,24). The SMILES string of the molecule is CCCC(=O)NNC(=S)NC(=O)c1cc(OC)c(OC)c(OC)c1. The lowest BCUT2D eigenvalue weighted by molar-refractivity contribution is -0.121. The summed E-state index contributed by atoms with van der Waals surface area (Å²) in [4.78, 5) is 23.6. The van der Waals surface area contributed by atoms with E-state index >= 15 is 0 Å². The zero-order valence-corrected chi connectivity index (χ0v) is 14.8. The van der Waals surface area contributed by atoms with Crippen LogP contribution in [0.1, 0.15) is 30.1 Å². The molecule has 9 heteroatoms. The maximum Gasteiger partial charge on any atom is 0.257 e. The zero-order valence-electron chi connectivity index (χ0n) is 14.0. The largest absolute Gasteiger partial charge is 0.493 e. The second-order valence-corrected chi connectivity index (χ2v) is 5.03. The summed E-state index contributed by atoms with van der Waals surface area (Å²) in [7, 11) is 4.38. The summed E-state index contributed by atoms with van der Waals surface area (Å²) < 4.78 is 15.6. The molecule has 0 heterocycles. The van der Waals surface area contributed by atoms with E-state index in [1.54, 1.807) is 0 Å². The van der Waals surface area contributed by atoms with Crippen molar-refractivity contribution in [1.82, 2.24) is 16.2 Å². The van der Waals surface area contributed by atoms with Gasteiger partial charge in [-0.2, -0.15) is 0 Å². The normalized spacial score (nSPS) is 9.67. The van der Waals surface area contributed by atoms with Crippen LogP contribution >= 0.6 is 12.2 Å². The third-order valence-electron chi connectivity index (χ3n) is 2.95. The lowest BCUT2D eigenvalue weighted by atomic mass is 10.1. The van der Waals surface area contributed by atoms with Gasteiger partial charge >= 0.3 is 0 Å². The fourth-order valence-corrected chi connectivity index (χ4v) is 1.98. The first-order valence-corrected chi connectivity index (χ1v) is 7.57. The Morgan fingerprint density at radius 3 is 2.08 bits per heavy atom. The summed E-state index contributed by atoms with van der Waals surface area (Å²) in [5, 5.41) is 2.42. The minimum atomic E-state index is -0.489. The summed E-state index contributed by atoms with van der Waals surface area (Å²) >= 11 is 4.96. The predicted octanol–water partition coefficient (Wildman–Crippen LogP) is 1.15. The molecule has 0 aliphatic carbocycles. The van der Waals surface area contributed by atoms with E-state index in [0.29, 0.717) is 30.1 Å². The second-order valence-electron chi connectivity index (χ2n) is 4.62. The number of rotatable bonds is 6. The Labute approximate surface area is 145 Å². The number of amides is 2. The number of carbonyl (C=O) groups is 2. The minimum Gasteiger partial charge on any atom is -0.493 e. The Balaban J connectivity index is 2.80. The van der Waals surface area contributed by atoms with Gasteiger partial charge in [0.15, 0.2) is 16.6 Å². The van der Waals surface area contributed by atoms with Gasteiger partial charge in [0.25, 0.3) is 5.91 Å². The molecule has 8 nitrogen and oxygen atoms in total. The molecule has 0 bridgehead atoms. The highest BCUT2D eigenvalue weighted by Crippen LogP contribution is 2.38. The van der Waals surface area contributed by atoms with Gasteiger partial charge in [0, 0.05) is 12.0 Å². The van der Waals surface area contributed by atoms with Gasteiger partial charge in [-0.3, -0.25) is 25.8 Å². The number of hydrazine groups is 1. The first kappa shape index (κ1) is 19.5. The molecule has 0 unspecified atom stereocenters. The summed E-state index contributed by atoms with van der Waals surface area (Å²) in [6.45, 7) is 1.88. The van der Waals surface area contributed by atoms with Crippen molar-refractivity contribution in [3.05, 3.63) is 17.7 Å². The first-order valence-electron chi connectivity index (χ1n) is 7.16. The maximum atomic E-state index is 12.3. The average Bonchev–Trinajstić information content (AvgIpc) is 2.58. The molecule has 0 aromatic heterocycles. The minimum absolute atomic E-state index is 0.0294. The number of carbonyl (C=O) groups excluding carboxylic acids is 2. The third kappa shape index (κ3) is 5.27. The van der Waals surface area contributed by atoms with Crippen molar-refractivity contribution in [2.45, 2.75) is 19.8 Å². The smallest absolute Gasteiger partial charge is 0.257 e. The number of methoxy groups -OCH3 is 3. The van der Waals surface area contributed by atoms with Crippen LogP contribution < -0.4 is 30.4 Å². The molecule has 0 saturated heterocycles. The molecule has 24 heavy (non-hydrogen) atoms. The number of hydrogen-bond donors (Lipinski definition) is 3. The van der Waals surface area contributed by atoms with E-state index < -0.39 is 5.91 Å². The maximum absolute atomic E-state index is 12.3. The van der Waals surface area contributed by atoms with Crippen LogP contribution in [0.3, 0.4) is 0 Å². The Kier molecular flexibility index (Phi) is 7.76. The van der Waals surface area contributed by atoms with Gasteiger partial charge in [-0.1, -0.05) is 6.92 Å². The van der Waals surface area contributed by atoms with Gasteiger partial charge < -0.3 is 14.2 Å². The Morgan fingerprint density at radius 1 is 1.04 bits per heavy atom. The van der Waals surface area contributed by atoms with E-state index in [9.17, 15) is 9.59 Å². The summed E-state index contributed by atoms with van der Waals surface area (Å²) in [5.74, 6) is 0.358. The third-order valence-corrected chi connectivity index (χ3v) is 3.15. The number of thiocarbonyl (C=S) groups is 1. The van der Waals surface area contributed by atoms with Gasteiger partial charge in [0.05, 0.1) is 21.3 Å². The highest BCUT2D eigenvalue weighted by molar-refractivity contribution is 7.80. The number of hydrogen-bond acceptors (Lipinski definition) is 6. The monoisotopic (exact) mass is 355 g/mol. The molecule has 3 N–H and O–H groups in total. The van der Waals surface area contributed by atoms with Crippen molar-refractivity contribution in [3.63, 3.8) is 0 Å². The quantitative estimate of drug-likeness (QED) is 0.520. The average molecular weight is 355 g/mol. The van der Waals surface area contributed by atoms with Gasteiger partial charge in [-0.25, -0.2) is 0 Å². The molecular weight excluding hydrogens is 334 g/mol. The van der Waals surface area contributed by atoms with Crippen molar-refractivity contribution in [3.8, 4) is 17.2 Å². The predicted molar refractivity (Wildman–Crippen MR) is 92.3 cm³/mol. The topological polar surface area (TPSA) is 97.9 Å². The molecular formula is C15H21N3O5S. The van der Waals surface area contributed by atoms with Crippen molar-refractivity contribution in [2.24, 2.45) is 0 Å². The molecule has 0 radical (unpaired) electrons. The van der Waals surface area contributed by atoms with Crippen LogP contribution in [-0.2, 0) is 4.79 Å². The molecule has 132 valence electrons. The number of ether oxygens (including phenoxy) is 3. The van der Waals surface area contributed by atoms with Gasteiger partial charge in [-0.15, -0.1) is 0 Å². The summed E-state index contributed by atoms with van der Waals surface area (Å²) in [6, 6.07) is 2.99. The fourth-order valence-electron chi connectivity index (χ4n) is 1.83. The van der Waals surface area contributed by atoms with E-state index in [1.807, 2.05) is 6.92 Å². The fraction of sp³-hybridized carbons (Fsp3) is 0.400. The molecule has 1 aromatic rings. The molecule has 0 spiro atoms. The van der Waals surface area contributed by atoms with Crippen LogP contribution in [0.4, 0.5) is 0 Å². The Bertz CT molecular complexity index is 596. The lowest BCUT2D eigenvalue weighted by Gasteiger charge is -2.14. The van der Waals surface area contributed by atoms with Crippen LogP contribution in [0.2, 0.25) is 0 Å². The highest BCUT2D eigenvalue weighted by Gasteiger charge is 2.17. The summed E-state index contributed by atoms with van der Waals surface area (Å²) in [6.07, 6.45) is 1.06. The molecule has 0 aliphatic heterocycles. The van der Waals surface area contributed by atoms with E-state index in [4.69, 9.17) is 26.4 Å². The van der Waals surface area contributed by atoms with E-state index in [0.717, 1.165) is 0 Å². The van der Waals surface area contributed by atoms with Gasteiger partial charge in [0.2, 0.25) is 11.7 Å². The van der Waals surface area contributed by atoms with Gasteiger partial charge in [-0.05, 0) is 30.8 Å². The molecule has 0 atom stereocenters. The lowest BCUT2D eigenvalue weighted by Crippen LogP contribution is -2.48. The van der Waals surface area contributed by atoms with Crippen molar-refractivity contribution < 1.29 is 23.8 Å².